The number of hydrogen-bond acceptors (Lipinski definition) is 7. The third kappa shape index (κ3) is 4.12. The SMILES string of the molecule is Cc1nccn1-c1cc(Nc2ccc(NC(=O)[C@H](C)N3C(=O)c4ccccc4C3=O)cc2)ncn1. The van der Waals surface area contributed by atoms with Gasteiger partial charge in [-0.2, -0.15) is 0 Å². The van der Waals surface area contributed by atoms with Crippen LogP contribution in [0.5, 0.6) is 0 Å². The van der Waals surface area contributed by atoms with Gasteiger partial charge in [0.15, 0.2) is 0 Å². The topological polar surface area (TPSA) is 122 Å². The number of carbonyl (C=O) groups is 3. The van der Waals surface area contributed by atoms with Gasteiger partial charge >= 0.3 is 0 Å². The number of imide groups is 1. The number of carbonyl (C=O) groups excluding carboxylic acids is 3. The Hall–Kier alpha value is -4.86. The van der Waals surface area contributed by atoms with Crippen LogP contribution in [-0.2, 0) is 4.79 Å². The van der Waals surface area contributed by atoms with Gasteiger partial charge in [-0.05, 0) is 50.2 Å². The summed E-state index contributed by atoms with van der Waals surface area (Å²) in [5, 5.41) is 5.96. The molecule has 1 aliphatic rings. The Kier molecular flexibility index (Phi) is 5.54. The molecule has 0 saturated carbocycles. The van der Waals surface area contributed by atoms with Gasteiger partial charge in [-0.25, -0.2) is 15.0 Å². The van der Waals surface area contributed by atoms with Crippen LogP contribution in [0.3, 0.4) is 0 Å². The van der Waals surface area contributed by atoms with E-state index in [0.717, 1.165) is 16.4 Å². The number of fused-ring (bicyclic) bond motifs is 1. The highest BCUT2D eigenvalue weighted by Crippen LogP contribution is 2.25. The molecule has 0 bridgehead atoms. The number of hydrogen-bond donors (Lipinski definition) is 2. The molecule has 0 fully saturated rings. The van der Waals surface area contributed by atoms with Crippen LogP contribution in [-0.4, -0.2) is 48.2 Å². The number of rotatable bonds is 6. The fourth-order valence-corrected chi connectivity index (χ4v) is 3.88. The highest BCUT2D eigenvalue weighted by atomic mass is 16.2. The van der Waals surface area contributed by atoms with Gasteiger partial charge in [0, 0.05) is 29.8 Å². The largest absolute Gasteiger partial charge is 0.340 e. The van der Waals surface area contributed by atoms with Crippen molar-refractivity contribution < 1.29 is 14.4 Å². The Labute approximate surface area is 200 Å². The number of imidazole rings is 1. The van der Waals surface area contributed by atoms with Crippen LogP contribution in [0.15, 0.2) is 73.3 Å². The van der Waals surface area contributed by atoms with Gasteiger partial charge in [-0.15, -0.1) is 0 Å². The monoisotopic (exact) mass is 467 g/mol. The quantitative estimate of drug-likeness (QED) is 0.417. The molecule has 2 N–H and O–H groups in total. The van der Waals surface area contributed by atoms with Crippen LogP contribution in [0.4, 0.5) is 17.2 Å². The summed E-state index contributed by atoms with van der Waals surface area (Å²) in [6, 6.07) is 14.4. The van der Waals surface area contributed by atoms with Crippen LogP contribution in [0.1, 0.15) is 33.5 Å². The van der Waals surface area contributed by atoms with E-state index < -0.39 is 23.8 Å². The summed E-state index contributed by atoms with van der Waals surface area (Å²) in [4.78, 5) is 51.8. The minimum atomic E-state index is -0.966. The lowest BCUT2D eigenvalue weighted by Crippen LogP contribution is -2.45. The van der Waals surface area contributed by atoms with Gasteiger partial charge in [0.2, 0.25) is 5.91 Å². The number of aromatic nitrogens is 4. The standard InChI is InChI=1S/C25H21N7O3/c1-15(32-24(34)19-5-3-4-6-20(19)25(32)35)23(33)30-18-9-7-17(8-10-18)29-21-13-22(28-14-27-21)31-12-11-26-16(31)2/h3-15H,1-2H3,(H,30,33)(H,27,28,29)/t15-/m0/s1. The van der Waals surface area contributed by atoms with E-state index >= 15 is 0 Å². The number of nitrogens with zero attached hydrogens (tertiary/aromatic N) is 5. The van der Waals surface area contributed by atoms with Crippen LogP contribution >= 0.6 is 0 Å². The Balaban J connectivity index is 1.25. The van der Waals surface area contributed by atoms with Crippen LogP contribution < -0.4 is 10.6 Å². The van der Waals surface area contributed by atoms with Gasteiger partial charge in [0.05, 0.1) is 11.1 Å². The molecule has 10 nitrogen and oxygen atoms in total. The van der Waals surface area contributed by atoms with Crippen molar-refractivity contribution in [3.63, 3.8) is 0 Å². The fraction of sp³-hybridized carbons (Fsp3) is 0.120. The minimum absolute atomic E-state index is 0.309. The molecule has 0 unspecified atom stereocenters. The highest BCUT2D eigenvalue weighted by Gasteiger charge is 2.40. The third-order valence-corrected chi connectivity index (χ3v) is 5.74. The lowest BCUT2D eigenvalue weighted by molar-refractivity contribution is -0.119. The molecule has 0 aliphatic carbocycles. The lowest BCUT2D eigenvalue weighted by atomic mass is 10.1. The van der Waals surface area contributed by atoms with Crippen molar-refractivity contribution in [1.82, 2.24) is 24.4 Å². The average Bonchev–Trinajstić information content (AvgIpc) is 3.41. The molecule has 0 spiro atoms. The van der Waals surface area contributed by atoms with Crippen LogP contribution in [0.2, 0.25) is 0 Å². The van der Waals surface area contributed by atoms with E-state index in [1.807, 2.05) is 17.7 Å². The highest BCUT2D eigenvalue weighted by molar-refractivity contribution is 6.23. The Morgan fingerprint density at radius 1 is 0.914 bits per heavy atom. The fourth-order valence-electron chi connectivity index (χ4n) is 3.88. The number of benzene rings is 2. The van der Waals surface area contributed by atoms with Crippen LogP contribution in [0, 0.1) is 6.92 Å². The second-order valence-electron chi connectivity index (χ2n) is 8.00. The van der Waals surface area contributed by atoms with E-state index in [9.17, 15) is 14.4 Å². The van der Waals surface area contributed by atoms with E-state index in [1.165, 1.54) is 13.3 Å². The zero-order chi connectivity index (χ0) is 24.5. The molecular formula is C25H21N7O3. The molecule has 174 valence electrons. The predicted molar refractivity (Wildman–Crippen MR) is 129 cm³/mol. The number of aryl methyl sites for hydroxylation is 1. The summed E-state index contributed by atoms with van der Waals surface area (Å²) in [5.41, 5.74) is 1.90. The molecule has 3 heterocycles. The molecule has 2 aromatic carbocycles. The molecular weight excluding hydrogens is 446 g/mol. The summed E-state index contributed by atoms with van der Waals surface area (Å²) in [5.74, 6) is 0.690. The smallest absolute Gasteiger partial charge is 0.262 e. The Morgan fingerprint density at radius 3 is 2.20 bits per heavy atom. The summed E-state index contributed by atoms with van der Waals surface area (Å²) >= 11 is 0. The number of amides is 3. The first-order valence-electron chi connectivity index (χ1n) is 10.9. The molecule has 0 radical (unpaired) electrons. The minimum Gasteiger partial charge on any atom is -0.340 e. The first-order chi connectivity index (χ1) is 16.9. The molecule has 1 aliphatic heterocycles. The molecule has 5 rings (SSSR count). The predicted octanol–water partition coefficient (Wildman–Crippen LogP) is 3.34. The maximum atomic E-state index is 12.8. The van der Waals surface area contributed by atoms with E-state index in [4.69, 9.17) is 0 Å². The second kappa shape index (κ2) is 8.82. The van der Waals surface area contributed by atoms with E-state index in [1.54, 1.807) is 60.8 Å². The zero-order valence-electron chi connectivity index (χ0n) is 19.0. The van der Waals surface area contributed by atoms with Crippen molar-refractivity contribution in [1.29, 1.82) is 0 Å². The van der Waals surface area contributed by atoms with Crippen molar-refractivity contribution in [3.8, 4) is 5.82 Å². The maximum Gasteiger partial charge on any atom is 0.262 e. The molecule has 1 atom stereocenters. The van der Waals surface area contributed by atoms with E-state index in [0.29, 0.717) is 28.5 Å². The van der Waals surface area contributed by atoms with Crippen molar-refractivity contribution in [2.75, 3.05) is 10.6 Å². The summed E-state index contributed by atoms with van der Waals surface area (Å²) in [7, 11) is 0. The Bertz CT molecular complexity index is 1410. The van der Waals surface area contributed by atoms with Crippen molar-refractivity contribution >= 4 is 34.9 Å². The average molecular weight is 467 g/mol. The Morgan fingerprint density at radius 2 is 1.57 bits per heavy atom. The molecule has 2 aromatic heterocycles. The molecule has 3 amide bonds. The van der Waals surface area contributed by atoms with Crippen LogP contribution in [0.25, 0.3) is 5.82 Å². The van der Waals surface area contributed by atoms with Gasteiger partial charge in [0.25, 0.3) is 11.8 Å². The first-order valence-corrected chi connectivity index (χ1v) is 10.9. The molecule has 10 heteroatoms. The molecule has 35 heavy (non-hydrogen) atoms. The zero-order valence-corrected chi connectivity index (χ0v) is 19.0. The number of nitrogens with one attached hydrogen (secondary N) is 2. The maximum absolute atomic E-state index is 12.8. The van der Waals surface area contributed by atoms with Gasteiger partial charge < -0.3 is 10.6 Å². The molecule has 4 aromatic rings. The van der Waals surface area contributed by atoms with Crippen molar-refractivity contribution in [3.05, 3.63) is 90.3 Å². The number of anilines is 3. The second-order valence-corrected chi connectivity index (χ2v) is 8.00. The van der Waals surface area contributed by atoms with E-state index in [2.05, 4.69) is 25.6 Å². The normalized spacial score (nSPS) is 13.5. The van der Waals surface area contributed by atoms with Gasteiger partial charge in [0.1, 0.15) is 29.8 Å². The summed E-state index contributed by atoms with van der Waals surface area (Å²) in [6.45, 7) is 3.42. The van der Waals surface area contributed by atoms with Gasteiger partial charge in [-0.3, -0.25) is 23.9 Å². The van der Waals surface area contributed by atoms with Crippen molar-refractivity contribution in [2.45, 2.75) is 19.9 Å². The first kappa shape index (κ1) is 22.0. The summed E-state index contributed by atoms with van der Waals surface area (Å²) in [6.07, 6.45) is 4.99. The third-order valence-electron chi connectivity index (χ3n) is 5.74. The van der Waals surface area contributed by atoms with Crippen molar-refractivity contribution in [2.24, 2.45) is 0 Å². The summed E-state index contributed by atoms with van der Waals surface area (Å²) < 4.78 is 1.85. The lowest BCUT2D eigenvalue weighted by Gasteiger charge is -2.21. The molecule has 0 saturated heterocycles. The van der Waals surface area contributed by atoms with E-state index in [-0.39, 0.29) is 0 Å². The van der Waals surface area contributed by atoms with Gasteiger partial charge in [-0.1, -0.05) is 12.1 Å².